The predicted octanol–water partition coefficient (Wildman–Crippen LogP) is 2.17. The molecule has 0 aliphatic carbocycles. The molecule has 1 unspecified atom stereocenters. The molecule has 0 bridgehead atoms. The number of benzene rings is 2. The van der Waals surface area contributed by atoms with Gasteiger partial charge in [-0.25, -0.2) is 4.79 Å². The molecule has 0 heterocycles. The maximum atomic E-state index is 12.1. The number of hydrogen-bond donors (Lipinski definition) is 3. The number of carboxylic acids is 1. The van der Waals surface area contributed by atoms with Crippen molar-refractivity contribution < 1.29 is 24.5 Å². The standard InChI is InChI=1S/C19H21NO5/c1-12-4-3-5-17(8-12)25-11-16(21)10-20-18(22)14-6-13(2)7-15(9-14)19(23)24/h3-9,16,21H,10-11H2,1-2H3,(H,20,22)(H,23,24). The second kappa shape index (κ2) is 8.30. The van der Waals surface area contributed by atoms with E-state index in [1.54, 1.807) is 19.1 Å². The van der Waals surface area contributed by atoms with E-state index in [1.165, 1.54) is 12.1 Å². The summed E-state index contributed by atoms with van der Waals surface area (Å²) in [5, 5.41) is 21.6. The Morgan fingerprint density at radius 1 is 1.08 bits per heavy atom. The topological polar surface area (TPSA) is 95.9 Å². The number of aryl methyl sites for hydroxylation is 2. The van der Waals surface area contributed by atoms with Crippen molar-refractivity contribution in [1.29, 1.82) is 0 Å². The van der Waals surface area contributed by atoms with Gasteiger partial charge < -0.3 is 20.3 Å². The summed E-state index contributed by atoms with van der Waals surface area (Å²) >= 11 is 0. The molecular weight excluding hydrogens is 322 g/mol. The number of nitrogens with one attached hydrogen (secondary N) is 1. The van der Waals surface area contributed by atoms with Crippen molar-refractivity contribution in [2.45, 2.75) is 20.0 Å². The lowest BCUT2D eigenvalue weighted by Gasteiger charge is -2.14. The summed E-state index contributed by atoms with van der Waals surface area (Å²) in [5.41, 5.74) is 2.01. The summed E-state index contributed by atoms with van der Waals surface area (Å²) in [6, 6.07) is 11.8. The number of amides is 1. The molecule has 6 nitrogen and oxygen atoms in total. The van der Waals surface area contributed by atoms with Crippen LogP contribution in [-0.4, -0.2) is 41.3 Å². The molecule has 0 fully saturated rings. The third-order valence-corrected chi connectivity index (χ3v) is 3.52. The summed E-state index contributed by atoms with van der Waals surface area (Å²) in [4.78, 5) is 23.2. The largest absolute Gasteiger partial charge is 0.491 e. The van der Waals surface area contributed by atoms with Gasteiger partial charge in [-0.3, -0.25) is 4.79 Å². The van der Waals surface area contributed by atoms with E-state index in [-0.39, 0.29) is 24.3 Å². The number of hydrogen-bond acceptors (Lipinski definition) is 4. The minimum atomic E-state index is -1.09. The van der Waals surface area contributed by atoms with Crippen LogP contribution in [0.2, 0.25) is 0 Å². The highest BCUT2D eigenvalue weighted by Crippen LogP contribution is 2.13. The first-order valence-corrected chi connectivity index (χ1v) is 7.86. The monoisotopic (exact) mass is 343 g/mol. The van der Waals surface area contributed by atoms with Crippen LogP contribution < -0.4 is 10.1 Å². The van der Waals surface area contributed by atoms with E-state index in [2.05, 4.69) is 5.32 Å². The number of carboxylic acid groups (broad SMARTS) is 1. The molecule has 0 aliphatic heterocycles. The Hall–Kier alpha value is -2.86. The van der Waals surface area contributed by atoms with Gasteiger partial charge in [0.2, 0.25) is 0 Å². The van der Waals surface area contributed by atoms with Crippen LogP contribution >= 0.6 is 0 Å². The van der Waals surface area contributed by atoms with E-state index in [4.69, 9.17) is 9.84 Å². The lowest BCUT2D eigenvalue weighted by Crippen LogP contribution is -2.35. The molecule has 6 heteroatoms. The van der Waals surface area contributed by atoms with Crippen LogP contribution in [0.4, 0.5) is 0 Å². The minimum absolute atomic E-state index is 0.000988. The fraction of sp³-hybridized carbons (Fsp3) is 0.263. The van der Waals surface area contributed by atoms with Crippen molar-refractivity contribution in [1.82, 2.24) is 5.32 Å². The summed E-state index contributed by atoms with van der Waals surface area (Å²) in [6.07, 6.45) is -0.881. The van der Waals surface area contributed by atoms with Gasteiger partial charge >= 0.3 is 5.97 Å². The number of aliphatic hydroxyl groups excluding tert-OH is 1. The van der Waals surface area contributed by atoms with Crippen LogP contribution in [0.15, 0.2) is 42.5 Å². The van der Waals surface area contributed by atoms with Crippen molar-refractivity contribution in [3.63, 3.8) is 0 Å². The van der Waals surface area contributed by atoms with Crippen molar-refractivity contribution >= 4 is 11.9 Å². The van der Waals surface area contributed by atoms with Gasteiger partial charge in [0.15, 0.2) is 0 Å². The average Bonchev–Trinajstić information content (AvgIpc) is 2.57. The zero-order valence-corrected chi connectivity index (χ0v) is 14.2. The number of ether oxygens (including phenoxy) is 1. The van der Waals surface area contributed by atoms with Gasteiger partial charge in [-0.2, -0.15) is 0 Å². The normalized spacial score (nSPS) is 11.6. The first kappa shape index (κ1) is 18.5. The predicted molar refractivity (Wildman–Crippen MR) is 93.2 cm³/mol. The Morgan fingerprint density at radius 3 is 2.48 bits per heavy atom. The Kier molecular flexibility index (Phi) is 6.14. The van der Waals surface area contributed by atoms with E-state index in [0.29, 0.717) is 11.3 Å². The van der Waals surface area contributed by atoms with Crippen LogP contribution in [0.1, 0.15) is 31.8 Å². The summed E-state index contributed by atoms with van der Waals surface area (Å²) in [6.45, 7) is 3.70. The van der Waals surface area contributed by atoms with Crippen LogP contribution in [0.3, 0.4) is 0 Å². The van der Waals surface area contributed by atoms with Gasteiger partial charge in [0.1, 0.15) is 18.5 Å². The fourth-order valence-corrected chi connectivity index (χ4v) is 2.31. The maximum absolute atomic E-state index is 12.1. The minimum Gasteiger partial charge on any atom is -0.491 e. The molecule has 3 N–H and O–H groups in total. The number of rotatable bonds is 7. The molecule has 2 aromatic carbocycles. The molecule has 0 aliphatic rings. The molecule has 0 saturated carbocycles. The molecule has 25 heavy (non-hydrogen) atoms. The van der Waals surface area contributed by atoms with Crippen LogP contribution in [0, 0.1) is 13.8 Å². The van der Waals surface area contributed by atoms with Gasteiger partial charge in [0.25, 0.3) is 5.91 Å². The van der Waals surface area contributed by atoms with E-state index in [0.717, 1.165) is 5.56 Å². The average molecular weight is 343 g/mol. The molecular formula is C19H21NO5. The van der Waals surface area contributed by atoms with E-state index >= 15 is 0 Å². The Balaban J connectivity index is 1.88. The highest BCUT2D eigenvalue weighted by molar-refractivity contribution is 5.97. The van der Waals surface area contributed by atoms with Crippen molar-refractivity contribution in [3.8, 4) is 5.75 Å². The van der Waals surface area contributed by atoms with Crippen molar-refractivity contribution in [2.75, 3.05) is 13.2 Å². The second-order valence-corrected chi connectivity index (χ2v) is 5.88. The van der Waals surface area contributed by atoms with Gasteiger partial charge in [0, 0.05) is 12.1 Å². The molecule has 0 saturated heterocycles. The number of aromatic carboxylic acids is 1. The van der Waals surface area contributed by atoms with Gasteiger partial charge in [-0.1, -0.05) is 12.1 Å². The third-order valence-electron chi connectivity index (χ3n) is 3.52. The molecule has 132 valence electrons. The van der Waals surface area contributed by atoms with Gasteiger partial charge in [-0.05, 0) is 55.3 Å². The SMILES string of the molecule is Cc1cccc(OCC(O)CNC(=O)c2cc(C)cc(C(=O)O)c2)c1. The first-order chi connectivity index (χ1) is 11.8. The third kappa shape index (κ3) is 5.61. The van der Waals surface area contributed by atoms with Crippen LogP contribution in [-0.2, 0) is 0 Å². The molecule has 1 atom stereocenters. The van der Waals surface area contributed by atoms with E-state index in [1.807, 2.05) is 25.1 Å². The van der Waals surface area contributed by atoms with Crippen LogP contribution in [0.25, 0.3) is 0 Å². The lowest BCUT2D eigenvalue weighted by molar-refractivity contribution is 0.0696. The highest BCUT2D eigenvalue weighted by atomic mass is 16.5. The summed E-state index contributed by atoms with van der Waals surface area (Å²) in [7, 11) is 0. The Labute approximate surface area is 146 Å². The Bertz CT molecular complexity index is 772. The van der Waals surface area contributed by atoms with Crippen molar-refractivity contribution in [3.05, 3.63) is 64.7 Å². The number of carbonyl (C=O) groups is 2. The molecule has 0 aromatic heterocycles. The molecule has 2 rings (SSSR count). The second-order valence-electron chi connectivity index (χ2n) is 5.88. The first-order valence-electron chi connectivity index (χ1n) is 7.86. The van der Waals surface area contributed by atoms with E-state index in [9.17, 15) is 14.7 Å². The molecule has 2 aromatic rings. The lowest BCUT2D eigenvalue weighted by atomic mass is 10.1. The zero-order chi connectivity index (χ0) is 18.4. The molecule has 0 spiro atoms. The summed E-state index contributed by atoms with van der Waals surface area (Å²) in [5.74, 6) is -0.889. The van der Waals surface area contributed by atoms with Gasteiger partial charge in [0.05, 0.1) is 5.56 Å². The fourth-order valence-electron chi connectivity index (χ4n) is 2.31. The quantitative estimate of drug-likeness (QED) is 0.716. The molecule has 1 amide bonds. The summed E-state index contributed by atoms with van der Waals surface area (Å²) < 4.78 is 5.48. The molecule has 0 radical (unpaired) electrons. The van der Waals surface area contributed by atoms with Gasteiger partial charge in [-0.15, -0.1) is 0 Å². The number of carbonyl (C=O) groups excluding carboxylic acids is 1. The maximum Gasteiger partial charge on any atom is 0.335 e. The smallest absolute Gasteiger partial charge is 0.335 e. The zero-order valence-electron chi connectivity index (χ0n) is 14.2. The Morgan fingerprint density at radius 2 is 1.80 bits per heavy atom. The van der Waals surface area contributed by atoms with E-state index < -0.39 is 18.0 Å². The number of aliphatic hydroxyl groups is 1. The highest BCUT2D eigenvalue weighted by Gasteiger charge is 2.13. The van der Waals surface area contributed by atoms with Crippen LogP contribution in [0.5, 0.6) is 5.75 Å². The van der Waals surface area contributed by atoms with Crippen molar-refractivity contribution in [2.24, 2.45) is 0 Å².